The highest BCUT2D eigenvalue weighted by atomic mass is 35.5. The number of sulfonamides is 1. The Morgan fingerprint density at radius 1 is 1.50 bits per heavy atom. The Labute approximate surface area is 136 Å². The highest BCUT2D eigenvalue weighted by Crippen LogP contribution is 2.24. The van der Waals surface area contributed by atoms with Gasteiger partial charge in [-0.3, -0.25) is 9.59 Å². The van der Waals surface area contributed by atoms with Crippen LogP contribution in [-0.4, -0.2) is 54.1 Å². The second-order valence-corrected chi connectivity index (χ2v) is 8.76. The molecule has 0 aliphatic carbocycles. The van der Waals surface area contributed by atoms with Gasteiger partial charge in [0.25, 0.3) is 5.91 Å². The van der Waals surface area contributed by atoms with Crippen LogP contribution in [-0.2, 0) is 14.8 Å². The molecule has 0 spiro atoms. The van der Waals surface area contributed by atoms with Gasteiger partial charge in [-0.05, 0) is 25.5 Å². The van der Waals surface area contributed by atoms with Gasteiger partial charge in [0.2, 0.25) is 10.0 Å². The van der Waals surface area contributed by atoms with E-state index < -0.39 is 28.1 Å². The number of halogens is 1. The summed E-state index contributed by atoms with van der Waals surface area (Å²) in [5, 5.41) is 11.8. The molecular formula is C12H15ClN2O5S2. The first-order chi connectivity index (χ1) is 10.2. The average molecular weight is 367 g/mol. The van der Waals surface area contributed by atoms with Crippen molar-refractivity contribution in [2.75, 3.05) is 12.3 Å². The SMILES string of the molecule is CCS(=O)(=O)N1C[C@@H](NC(=O)c2ccc(Cl)s2)C[C@H]1C(=O)O. The van der Waals surface area contributed by atoms with E-state index in [-0.39, 0.29) is 24.6 Å². The molecule has 122 valence electrons. The second kappa shape index (κ2) is 6.53. The molecule has 0 unspecified atom stereocenters. The third-order valence-electron chi connectivity index (χ3n) is 3.40. The van der Waals surface area contributed by atoms with Crippen LogP contribution in [0.2, 0.25) is 4.34 Å². The van der Waals surface area contributed by atoms with Crippen LogP contribution < -0.4 is 5.32 Å². The van der Waals surface area contributed by atoms with Crippen LogP contribution in [0.15, 0.2) is 12.1 Å². The highest BCUT2D eigenvalue weighted by Gasteiger charge is 2.43. The molecular weight excluding hydrogens is 352 g/mol. The first-order valence-corrected chi connectivity index (χ1v) is 9.33. The number of carboxylic acid groups (broad SMARTS) is 1. The number of amides is 1. The van der Waals surface area contributed by atoms with Crippen LogP contribution in [0, 0.1) is 0 Å². The average Bonchev–Trinajstić information content (AvgIpc) is 3.05. The molecule has 7 nitrogen and oxygen atoms in total. The minimum atomic E-state index is -3.64. The van der Waals surface area contributed by atoms with Gasteiger partial charge in [-0.2, -0.15) is 4.31 Å². The second-order valence-electron chi connectivity index (χ2n) is 4.83. The molecule has 22 heavy (non-hydrogen) atoms. The molecule has 1 aliphatic rings. The van der Waals surface area contributed by atoms with E-state index in [1.807, 2.05) is 0 Å². The van der Waals surface area contributed by atoms with Crippen molar-refractivity contribution < 1.29 is 23.1 Å². The fraction of sp³-hybridized carbons (Fsp3) is 0.500. The van der Waals surface area contributed by atoms with Crippen molar-refractivity contribution in [3.05, 3.63) is 21.3 Å². The van der Waals surface area contributed by atoms with Crippen molar-refractivity contribution in [1.29, 1.82) is 0 Å². The van der Waals surface area contributed by atoms with Crippen molar-refractivity contribution in [3.8, 4) is 0 Å². The molecule has 10 heteroatoms. The van der Waals surface area contributed by atoms with E-state index in [2.05, 4.69) is 5.32 Å². The lowest BCUT2D eigenvalue weighted by atomic mass is 10.2. The lowest BCUT2D eigenvalue weighted by Crippen LogP contribution is -2.42. The van der Waals surface area contributed by atoms with Gasteiger partial charge >= 0.3 is 5.97 Å². The van der Waals surface area contributed by atoms with Crippen LogP contribution in [0.1, 0.15) is 23.0 Å². The van der Waals surface area contributed by atoms with Crippen molar-refractivity contribution in [1.82, 2.24) is 9.62 Å². The summed E-state index contributed by atoms with van der Waals surface area (Å²) in [4.78, 5) is 23.7. The lowest BCUT2D eigenvalue weighted by Gasteiger charge is -2.19. The molecule has 1 aromatic rings. The largest absolute Gasteiger partial charge is 0.480 e. The molecule has 0 radical (unpaired) electrons. The van der Waals surface area contributed by atoms with E-state index in [0.717, 1.165) is 15.6 Å². The molecule has 2 heterocycles. The Bertz CT molecular complexity index is 687. The minimum absolute atomic E-state index is 0.0411. The molecule has 1 amide bonds. The van der Waals surface area contributed by atoms with Gasteiger partial charge in [0.05, 0.1) is 15.0 Å². The Morgan fingerprint density at radius 3 is 2.68 bits per heavy atom. The molecule has 1 saturated heterocycles. The first kappa shape index (κ1) is 17.2. The number of hydrogen-bond acceptors (Lipinski definition) is 5. The van der Waals surface area contributed by atoms with E-state index in [0.29, 0.717) is 9.21 Å². The number of thiophene rings is 1. The summed E-state index contributed by atoms with van der Waals surface area (Å²) in [6, 6.07) is 1.45. The molecule has 0 bridgehead atoms. The number of aliphatic carboxylic acids is 1. The first-order valence-electron chi connectivity index (χ1n) is 6.53. The summed E-state index contributed by atoms with van der Waals surface area (Å²) in [5.41, 5.74) is 0. The smallest absolute Gasteiger partial charge is 0.322 e. The van der Waals surface area contributed by atoms with E-state index in [1.165, 1.54) is 6.92 Å². The van der Waals surface area contributed by atoms with E-state index in [9.17, 15) is 23.1 Å². The monoisotopic (exact) mass is 366 g/mol. The van der Waals surface area contributed by atoms with E-state index in [4.69, 9.17) is 11.6 Å². The number of carbonyl (C=O) groups excluding carboxylic acids is 1. The number of rotatable bonds is 5. The Kier molecular flexibility index (Phi) is 5.10. The van der Waals surface area contributed by atoms with Crippen LogP contribution in [0.3, 0.4) is 0 Å². The Hall–Kier alpha value is -1.16. The van der Waals surface area contributed by atoms with Gasteiger partial charge in [0, 0.05) is 12.6 Å². The molecule has 2 N–H and O–H groups in total. The number of carboxylic acids is 1. The lowest BCUT2D eigenvalue weighted by molar-refractivity contribution is -0.140. The van der Waals surface area contributed by atoms with Gasteiger partial charge in [-0.15, -0.1) is 11.3 Å². The van der Waals surface area contributed by atoms with Crippen LogP contribution >= 0.6 is 22.9 Å². The minimum Gasteiger partial charge on any atom is -0.480 e. The van der Waals surface area contributed by atoms with Gasteiger partial charge in [-0.1, -0.05) is 11.6 Å². The van der Waals surface area contributed by atoms with Gasteiger partial charge < -0.3 is 10.4 Å². The molecule has 1 aromatic heterocycles. The summed E-state index contributed by atoms with van der Waals surface area (Å²) in [6.07, 6.45) is 0.0411. The third-order valence-corrected chi connectivity index (χ3v) is 6.47. The fourth-order valence-electron chi connectivity index (χ4n) is 2.30. The van der Waals surface area contributed by atoms with Crippen molar-refractivity contribution in [2.45, 2.75) is 25.4 Å². The topological polar surface area (TPSA) is 104 Å². The maximum Gasteiger partial charge on any atom is 0.322 e. The van der Waals surface area contributed by atoms with Gasteiger partial charge in [-0.25, -0.2) is 8.42 Å². The normalized spacial score (nSPS) is 22.6. The standard InChI is InChI=1S/C12H15ClN2O5S2/c1-2-22(19,20)15-6-7(5-8(15)12(17)18)14-11(16)9-3-4-10(13)21-9/h3-4,7-8H,2,5-6H2,1H3,(H,14,16)(H,17,18)/t7-,8-/m0/s1. The zero-order valence-electron chi connectivity index (χ0n) is 11.7. The van der Waals surface area contributed by atoms with Crippen LogP contribution in [0.4, 0.5) is 0 Å². The number of carbonyl (C=O) groups is 2. The Morgan fingerprint density at radius 2 is 2.18 bits per heavy atom. The summed E-state index contributed by atoms with van der Waals surface area (Å²) in [7, 11) is -3.64. The molecule has 1 fully saturated rings. The number of hydrogen-bond donors (Lipinski definition) is 2. The summed E-state index contributed by atoms with van der Waals surface area (Å²) < 4.78 is 25.3. The summed E-state index contributed by atoms with van der Waals surface area (Å²) in [6.45, 7) is 1.41. The van der Waals surface area contributed by atoms with Crippen molar-refractivity contribution >= 4 is 44.8 Å². The summed E-state index contributed by atoms with van der Waals surface area (Å²) in [5.74, 6) is -1.78. The number of nitrogens with one attached hydrogen (secondary N) is 1. The van der Waals surface area contributed by atoms with Gasteiger partial charge in [0.15, 0.2) is 0 Å². The van der Waals surface area contributed by atoms with Crippen LogP contribution in [0.5, 0.6) is 0 Å². The van der Waals surface area contributed by atoms with Crippen molar-refractivity contribution in [2.24, 2.45) is 0 Å². The zero-order chi connectivity index (χ0) is 16.5. The van der Waals surface area contributed by atoms with Gasteiger partial charge in [0.1, 0.15) is 6.04 Å². The third kappa shape index (κ3) is 3.60. The van der Waals surface area contributed by atoms with E-state index >= 15 is 0 Å². The zero-order valence-corrected chi connectivity index (χ0v) is 14.0. The maximum absolute atomic E-state index is 12.0. The molecule has 2 atom stereocenters. The highest BCUT2D eigenvalue weighted by molar-refractivity contribution is 7.89. The predicted octanol–water partition coefficient (Wildman–Crippen LogP) is 1.01. The maximum atomic E-state index is 12.0. The van der Waals surface area contributed by atoms with Crippen molar-refractivity contribution in [3.63, 3.8) is 0 Å². The molecule has 1 aliphatic heterocycles. The number of nitrogens with zero attached hydrogens (tertiary/aromatic N) is 1. The predicted molar refractivity (Wildman–Crippen MR) is 82.8 cm³/mol. The Balaban J connectivity index is 2.11. The fourth-order valence-corrected chi connectivity index (χ4v) is 4.55. The molecule has 2 rings (SSSR count). The van der Waals surface area contributed by atoms with E-state index in [1.54, 1.807) is 12.1 Å². The van der Waals surface area contributed by atoms with Crippen LogP contribution in [0.25, 0.3) is 0 Å². The quantitative estimate of drug-likeness (QED) is 0.809. The summed E-state index contributed by atoms with van der Waals surface area (Å²) >= 11 is 6.86. The molecule has 0 aromatic carbocycles. The molecule has 0 saturated carbocycles.